The Hall–Kier alpha value is -1.77. The minimum Gasteiger partial charge on any atom is -0.399 e. The summed E-state index contributed by atoms with van der Waals surface area (Å²) in [5, 5.41) is -0.138. The predicted octanol–water partition coefficient (Wildman–Crippen LogP) is 6.53. The van der Waals surface area contributed by atoms with E-state index < -0.39 is 21.6 Å². The molecule has 9 heteroatoms. The highest BCUT2D eigenvalue weighted by molar-refractivity contribution is 7.91. The third-order valence-electron chi connectivity index (χ3n) is 6.26. The Labute approximate surface area is 205 Å². The highest BCUT2D eigenvalue weighted by Gasteiger charge is 2.35. The second-order valence-electron chi connectivity index (χ2n) is 10.3. The average Bonchev–Trinajstić information content (AvgIpc) is 2.71. The first kappa shape index (κ1) is 26.8. The number of likely N-dealkylation sites (tertiary alicyclic amines) is 1. The van der Waals surface area contributed by atoms with Crippen molar-refractivity contribution in [2.24, 2.45) is 11.3 Å². The monoisotopic (exact) mass is 516 g/mol. The van der Waals surface area contributed by atoms with Crippen LogP contribution in [-0.2, 0) is 16.0 Å². The van der Waals surface area contributed by atoms with Crippen molar-refractivity contribution >= 4 is 27.1 Å². The van der Waals surface area contributed by atoms with Crippen LogP contribution in [0.2, 0.25) is 5.02 Å². The first-order valence-electron chi connectivity index (χ1n) is 11.4. The smallest absolute Gasteiger partial charge is 0.399 e. The summed E-state index contributed by atoms with van der Waals surface area (Å²) in [5.41, 5.74) is 4.74. The van der Waals surface area contributed by atoms with Crippen molar-refractivity contribution in [3.05, 3.63) is 47.0 Å². The van der Waals surface area contributed by atoms with Gasteiger partial charge in [-0.1, -0.05) is 44.5 Å². The molecule has 0 spiro atoms. The summed E-state index contributed by atoms with van der Waals surface area (Å²) in [4.78, 5) is 2.49. The molecular formula is C25H32ClF3N2O2S. The summed E-state index contributed by atoms with van der Waals surface area (Å²) in [6.07, 6.45) is -1.92. The van der Waals surface area contributed by atoms with Crippen LogP contribution in [0.25, 0.3) is 11.1 Å². The van der Waals surface area contributed by atoms with Gasteiger partial charge in [0.25, 0.3) is 0 Å². The molecule has 0 bridgehead atoms. The van der Waals surface area contributed by atoms with E-state index in [1.807, 2.05) is 0 Å². The minimum absolute atomic E-state index is 0.0376. The van der Waals surface area contributed by atoms with E-state index in [1.165, 1.54) is 30.3 Å². The molecular weight excluding hydrogens is 485 g/mol. The highest BCUT2D eigenvalue weighted by Crippen LogP contribution is 2.42. The van der Waals surface area contributed by atoms with E-state index in [0.29, 0.717) is 0 Å². The van der Waals surface area contributed by atoms with E-state index in [-0.39, 0.29) is 43.8 Å². The lowest BCUT2D eigenvalue weighted by Crippen LogP contribution is -2.37. The number of hydrogen-bond donors (Lipinski definition) is 1. The minimum atomic E-state index is -4.65. The molecule has 0 atom stereocenters. The van der Waals surface area contributed by atoms with Crippen molar-refractivity contribution in [1.82, 2.24) is 4.90 Å². The zero-order valence-corrected chi connectivity index (χ0v) is 21.3. The van der Waals surface area contributed by atoms with Gasteiger partial charge in [0.05, 0.1) is 21.2 Å². The van der Waals surface area contributed by atoms with Crippen molar-refractivity contribution in [2.75, 3.05) is 31.1 Å². The Bertz CT molecular complexity index is 1100. The summed E-state index contributed by atoms with van der Waals surface area (Å²) in [7, 11) is -3.56. The van der Waals surface area contributed by atoms with Crippen molar-refractivity contribution in [3.63, 3.8) is 0 Å². The SMILES string of the molecule is CC(C)(C)CCN1CCC(CS(=O)(=O)c2ccc(-c3c(Cl)cc(N)cc3C(F)(F)F)cc2)CC1. The van der Waals surface area contributed by atoms with Crippen LogP contribution in [0, 0.1) is 11.3 Å². The van der Waals surface area contributed by atoms with Crippen LogP contribution < -0.4 is 5.73 Å². The lowest BCUT2D eigenvalue weighted by atomic mass is 9.91. The number of alkyl halides is 3. The Kier molecular flexibility index (Phi) is 7.95. The maximum Gasteiger partial charge on any atom is 0.417 e. The van der Waals surface area contributed by atoms with Crippen LogP contribution in [0.15, 0.2) is 41.3 Å². The first-order valence-corrected chi connectivity index (χ1v) is 13.4. The molecule has 2 N–H and O–H groups in total. The molecule has 1 aliphatic rings. The van der Waals surface area contributed by atoms with Gasteiger partial charge in [-0.25, -0.2) is 8.42 Å². The van der Waals surface area contributed by atoms with Gasteiger partial charge in [-0.05, 0) is 80.1 Å². The summed E-state index contributed by atoms with van der Waals surface area (Å²) in [6.45, 7) is 9.41. The van der Waals surface area contributed by atoms with Crippen molar-refractivity contribution in [3.8, 4) is 11.1 Å². The van der Waals surface area contributed by atoms with Crippen LogP contribution in [0.5, 0.6) is 0 Å². The molecule has 0 saturated carbocycles. The first-order chi connectivity index (χ1) is 15.7. The predicted molar refractivity (Wildman–Crippen MR) is 132 cm³/mol. The van der Waals surface area contributed by atoms with Crippen molar-refractivity contribution in [1.29, 1.82) is 0 Å². The molecule has 1 aliphatic heterocycles. The molecule has 1 fully saturated rings. The lowest BCUT2D eigenvalue weighted by Gasteiger charge is -2.33. The number of benzene rings is 2. The van der Waals surface area contributed by atoms with Gasteiger partial charge in [-0.2, -0.15) is 13.2 Å². The Morgan fingerprint density at radius 2 is 1.65 bits per heavy atom. The normalized spacial score (nSPS) is 16.7. The molecule has 2 aromatic carbocycles. The maximum atomic E-state index is 13.5. The van der Waals surface area contributed by atoms with E-state index in [4.69, 9.17) is 17.3 Å². The zero-order chi connectivity index (χ0) is 25.3. The molecule has 188 valence electrons. The number of nitrogen functional groups attached to an aromatic ring is 1. The number of piperidine rings is 1. The standard InChI is InChI=1S/C25H32ClF3N2O2S/c1-24(2,3)10-13-31-11-8-17(9-12-31)16-34(32,33)20-6-4-18(5-7-20)23-21(25(27,28)29)14-19(30)15-22(23)26/h4-7,14-15,17H,8-13,16,30H2,1-3H3. The summed E-state index contributed by atoms with van der Waals surface area (Å²) in [5.74, 6) is 0.106. The van der Waals surface area contributed by atoms with Crippen molar-refractivity contribution < 1.29 is 21.6 Å². The molecule has 1 heterocycles. The average molecular weight is 517 g/mol. The van der Waals surface area contributed by atoms with Gasteiger partial charge in [-0.15, -0.1) is 0 Å². The molecule has 34 heavy (non-hydrogen) atoms. The van der Waals surface area contributed by atoms with E-state index in [9.17, 15) is 21.6 Å². The van der Waals surface area contributed by atoms with Gasteiger partial charge in [0, 0.05) is 11.3 Å². The van der Waals surface area contributed by atoms with Crippen LogP contribution in [0.1, 0.15) is 45.6 Å². The van der Waals surface area contributed by atoms with E-state index in [1.54, 1.807) is 0 Å². The summed E-state index contributed by atoms with van der Waals surface area (Å²) >= 11 is 6.09. The maximum absolute atomic E-state index is 13.5. The molecule has 0 radical (unpaired) electrons. The molecule has 1 saturated heterocycles. The number of halogens is 4. The fourth-order valence-corrected chi connectivity index (χ4v) is 6.28. The summed E-state index contributed by atoms with van der Waals surface area (Å²) < 4.78 is 66.6. The van der Waals surface area contributed by atoms with Gasteiger partial charge in [0.2, 0.25) is 0 Å². The fraction of sp³-hybridized carbons (Fsp3) is 0.520. The van der Waals surface area contributed by atoms with E-state index >= 15 is 0 Å². The third kappa shape index (κ3) is 6.89. The largest absolute Gasteiger partial charge is 0.417 e. The molecule has 2 aromatic rings. The van der Waals surface area contributed by atoms with Crippen LogP contribution in [0.4, 0.5) is 18.9 Å². The molecule has 4 nitrogen and oxygen atoms in total. The Balaban J connectivity index is 1.71. The van der Waals surface area contributed by atoms with Crippen molar-refractivity contribution in [2.45, 2.75) is 51.1 Å². The number of rotatable bonds is 6. The number of nitrogens with two attached hydrogens (primary N) is 1. The van der Waals surface area contributed by atoms with Gasteiger partial charge >= 0.3 is 6.18 Å². The van der Waals surface area contributed by atoms with Gasteiger partial charge < -0.3 is 10.6 Å². The Morgan fingerprint density at radius 3 is 2.18 bits per heavy atom. The highest BCUT2D eigenvalue weighted by atomic mass is 35.5. The Morgan fingerprint density at radius 1 is 1.06 bits per heavy atom. The fourth-order valence-electron chi connectivity index (χ4n) is 4.25. The van der Waals surface area contributed by atoms with E-state index in [0.717, 1.165) is 45.0 Å². The van der Waals surface area contributed by atoms with Crippen LogP contribution >= 0.6 is 11.6 Å². The van der Waals surface area contributed by atoms with Gasteiger partial charge in [0.15, 0.2) is 9.84 Å². The number of hydrogen-bond acceptors (Lipinski definition) is 4. The number of nitrogens with zero attached hydrogens (tertiary/aromatic N) is 1. The van der Waals surface area contributed by atoms with Gasteiger partial charge in [-0.3, -0.25) is 0 Å². The zero-order valence-electron chi connectivity index (χ0n) is 19.8. The third-order valence-corrected chi connectivity index (χ3v) is 8.46. The molecule has 0 unspecified atom stereocenters. The van der Waals surface area contributed by atoms with Crippen LogP contribution in [-0.4, -0.2) is 38.7 Å². The second kappa shape index (κ2) is 10.1. The molecule has 3 rings (SSSR count). The second-order valence-corrected chi connectivity index (χ2v) is 12.8. The van der Waals surface area contributed by atoms with E-state index in [2.05, 4.69) is 25.7 Å². The number of anilines is 1. The molecule has 0 aliphatic carbocycles. The number of sulfone groups is 1. The topological polar surface area (TPSA) is 63.4 Å². The summed E-state index contributed by atoms with van der Waals surface area (Å²) in [6, 6.07) is 7.54. The van der Waals surface area contributed by atoms with Crippen LogP contribution in [0.3, 0.4) is 0 Å². The molecule has 0 amide bonds. The lowest BCUT2D eigenvalue weighted by molar-refractivity contribution is -0.137. The van der Waals surface area contributed by atoms with Gasteiger partial charge in [0.1, 0.15) is 0 Å². The molecule has 0 aromatic heterocycles. The quantitative estimate of drug-likeness (QED) is 0.443.